The molecule has 0 bridgehead atoms. The highest BCUT2D eigenvalue weighted by Gasteiger charge is 2.60. The first-order valence-corrected chi connectivity index (χ1v) is 7.57. The van der Waals surface area contributed by atoms with Crippen LogP contribution in [0, 0.1) is 5.92 Å². The van der Waals surface area contributed by atoms with Crippen molar-refractivity contribution >= 4 is 6.08 Å². The summed E-state index contributed by atoms with van der Waals surface area (Å²) in [5, 5.41) is 0. The molecule has 0 spiro atoms. The smallest absolute Gasteiger partial charge is 0.0681 e. The molecule has 0 aliphatic heterocycles. The van der Waals surface area contributed by atoms with E-state index in [4.69, 9.17) is 4.74 Å². The zero-order chi connectivity index (χ0) is 13.3. The summed E-state index contributed by atoms with van der Waals surface area (Å²) in [5.74, 6) is 0.820. The molecule has 0 heterocycles. The number of hydrogen-bond donors (Lipinski definition) is 0. The van der Waals surface area contributed by atoms with E-state index in [-0.39, 0.29) is 0 Å². The molecule has 0 N–H and O–H groups in total. The van der Waals surface area contributed by atoms with Crippen LogP contribution < -0.4 is 0 Å². The summed E-state index contributed by atoms with van der Waals surface area (Å²) in [6, 6.07) is 8.98. The second-order valence-electron chi connectivity index (χ2n) is 6.13. The zero-order valence-corrected chi connectivity index (χ0v) is 11.9. The van der Waals surface area contributed by atoms with Crippen molar-refractivity contribution < 1.29 is 4.74 Å². The SMILES string of the molecule is C=Cc1ccc(C2(C3CCCCC3)CC2OC)cc1. The highest BCUT2D eigenvalue weighted by Crippen LogP contribution is 2.59. The van der Waals surface area contributed by atoms with Crippen LogP contribution in [0.25, 0.3) is 6.08 Å². The monoisotopic (exact) mass is 256 g/mol. The summed E-state index contributed by atoms with van der Waals surface area (Å²) in [6.07, 6.45) is 10.5. The number of ether oxygens (including phenoxy) is 1. The number of benzene rings is 1. The third kappa shape index (κ3) is 2.14. The van der Waals surface area contributed by atoms with Gasteiger partial charge in [-0.3, -0.25) is 0 Å². The van der Waals surface area contributed by atoms with E-state index in [1.807, 2.05) is 13.2 Å². The van der Waals surface area contributed by atoms with E-state index in [9.17, 15) is 0 Å². The van der Waals surface area contributed by atoms with Crippen LogP contribution in [0.3, 0.4) is 0 Å². The predicted octanol–water partition coefficient (Wildman–Crippen LogP) is 4.57. The Labute approximate surface area is 116 Å². The molecule has 3 rings (SSSR count). The Hall–Kier alpha value is -1.08. The molecule has 2 fully saturated rings. The third-order valence-corrected chi connectivity index (χ3v) is 5.24. The lowest BCUT2D eigenvalue weighted by Gasteiger charge is -2.31. The van der Waals surface area contributed by atoms with Crippen molar-refractivity contribution in [1.29, 1.82) is 0 Å². The average Bonchev–Trinajstić information content (AvgIpc) is 3.24. The van der Waals surface area contributed by atoms with E-state index in [2.05, 4.69) is 30.8 Å². The van der Waals surface area contributed by atoms with Crippen LogP contribution in [-0.4, -0.2) is 13.2 Å². The Bertz CT molecular complexity index is 441. The fourth-order valence-electron chi connectivity index (χ4n) is 4.06. The molecule has 19 heavy (non-hydrogen) atoms. The molecule has 0 amide bonds. The first kappa shape index (κ1) is 12.9. The van der Waals surface area contributed by atoms with Gasteiger partial charge in [-0.1, -0.05) is 56.2 Å². The lowest BCUT2D eigenvalue weighted by Crippen LogP contribution is -2.27. The Morgan fingerprint density at radius 2 is 1.84 bits per heavy atom. The van der Waals surface area contributed by atoms with Gasteiger partial charge in [-0.15, -0.1) is 0 Å². The van der Waals surface area contributed by atoms with Crippen LogP contribution in [-0.2, 0) is 10.2 Å². The Morgan fingerprint density at radius 1 is 1.16 bits per heavy atom. The summed E-state index contributed by atoms with van der Waals surface area (Å²) in [6.45, 7) is 3.83. The van der Waals surface area contributed by atoms with Crippen LogP contribution in [0.1, 0.15) is 49.7 Å². The lowest BCUT2D eigenvalue weighted by atomic mass is 9.74. The van der Waals surface area contributed by atoms with E-state index in [0.29, 0.717) is 11.5 Å². The normalized spacial score (nSPS) is 31.1. The minimum absolute atomic E-state index is 0.314. The highest BCUT2D eigenvalue weighted by atomic mass is 16.5. The molecule has 2 aliphatic rings. The molecule has 0 radical (unpaired) electrons. The second kappa shape index (κ2) is 5.13. The minimum Gasteiger partial charge on any atom is -0.380 e. The summed E-state index contributed by atoms with van der Waals surface area (Å²) >= 11 is 0. The van der Waals surface area contributed by atoms with E-state index in [0.717, 1.165) is 5.92 Å². The van der Waals surface area contributed by atoms with Crippen molar-refractivity contribution in [2.45, 2.75) is 50.0 Å². The zero-order valence-electron chi connectivity index (χ0n) is 11.9. The van der Waals surface area contributed by atoms with Crippen LogP contribution in [0.2, 0.25) is 0 Å². The molecule has 2 unspecified atom stereocenters. The van der Waals surface area contributed by atoms with E-state index in [1.165, 1.54) is 49.7 Å². The van der Waals surface area contributed by atoms with Gasteiger partial charge in [0.15, 0.2) is 0 Å². The third-order valence-electron chi connectivity index (χ3n) is 5.24. The Morgan fingerprint density at radius 3 is 2.37 bits per heavy atom. The van der Waals surface area contributed by atoms with E-state index in [1.54, 1.807) is 0 Å². The fraction of sp³-hybridized carbons (Fsp3) is 0.556. The van der Waals surface area contributed by atoms with Crippen molar-refractivity contribution in [2.24, 2.45) is 5.92 Å². The van der Waals surface area contributed by atoms with Crippen molar-refractivity contribution in [3.8, 4) is 0 Å². The van der Waals surface area contributed by atoms with Gasteiger partial charge >= 0.3 is 0 Å². The summed E-state index contributed by atoms with van der Waals surface area (Å²) in [7, 11) is 1.87. The largest absolute Gasteiger partial charge is 0.380 e. The molecule has 0 aromatic heterocycles. The maximum absolute atomic E-state index is 5.72. The minimum atomic E-state index is 0.314. The van der Waals surface area contributed by atoms with Gasteiger partial charge in [0.05, 0.1) is 6.10 Å². The highest BCUT2D eigenvalue weighted by molar-refractivity contribution is 5.49. The summed E-state index contributed by atoms with van der Waals surface area (Å²) in [5.41, 5.74) is 3.00. The van der Waals surface area contributed by atoms with Gasteiger partial charge in [-0.05, 0) is 36.3 Å². The first-order chi connectivity index (χ1) is 9.31. The lowest BCUT2D eigenvalue weighted by molar-refractivity contribution is 0.134. The van der Waals surface area contributed by atoms with Crippen LogP contribution >= 0.6 is 0 Å². The van der Waals surface area contributed by atoms with Gasteiger partial charge in [0.25, 0.3) is 0 Å². The summed E-state index contributed by atoms with van der Waals surface area (Å²) in [4.78, 5) is 0. The van der Waals surface area contributed by atoms with Gasteiger partial charge in [0.2, 0.25) is 0 Å². The molecule has 1 nitrogen and oxygen atoms in total. The molecule has 1 aromatic rings. The van der Waals surface area contributed by atoms with Crippen LogP contribution in [0.4, 0.5) is 0 Å². The topological polar surface area (TPSA) is 9.23 Å². The molecule has 102 valence electrons. The molecule has 0 saturated heterocycles. The Kier molecular flexibility index (Phi) is 3.49. The predicted molar refractivity (Wildman–Crippen MR) is 80.2 cm³/mol. The van der Waals surface area contributed by atoms with Gasteiger partial charge < -0.3 is 4.74 Å². The molecular formula is C18H24O. The number of rotatable bonds is 4. The maximum atomic E-state index is 5.72. The molecule has 2 atom stereocenters. The second-order valence-corrected chi connectivity index (χ2v) is 6.13. The van der Waals surface area contributed by atoms with Gasteiger partial charge in [-0.2, -0.15) is 0 Å². The molecule has 2 aliphatic carbocycles. The van der Waals surface area contributed by atoms with E-state index >= 15 is 0 Å². The molecule has 1 aromatic carbocycles. The maximum Gasteiger partial charge on any atom is 0.0681 e. The number of methoxy groups -OCH3 is 1. The molecular weight excluding hydrogens is 232 g/mol. The van der Waals surface area contributed by atoms with E-state index < -0.39 is 0 Å². The quantitative estimate of drug-likeness (QED) is 0.767. The van der Waals surface area contributed by atoms with Crippen molar-refractivity contribution in [2.75, 3.05) is 7.11 Å². The molecule has 1 heteroatoms. The van der Waals surface area contributed by atoms with Crippen molar-refractivity contribution in [1.82, 2.24) is 0 Å². The first-order valence-electron chi connectivity index (χ1n) is 7.57. The number of hydrogen-bond acceptors (Lipinski definition) is 1. The summed E-state index contributed by atoms with van der Waals surface area (Å²) < 4.78 is 5.72. The Balaban J connectivity index is 1.89. The van der Waals surface area contributed by atoms with Crippen molar-refractivity contribution in [3.63, 3.8) is 0 Å². The van der Waals surface area contributed by atoms with Crippen LogP contribution in [0.15, 0.2) is 30.8 Å². The van der Waals surface area contributed by atoms with Crippen LogP contribution in [0.5, 0.6) is 0 Å². The van der Waals surface area contributed by atoms with Gasteiger partial charge in [0, 0.05) is 12.5 Å². The van der Waals surface area contributed by atoms with Gasteiger partial charge in [0.1, 0.15) is 0 Å². The van der Waals surface area contributed by atoms with Crippen molar-refractivity contribution in [3.05, 3.63) is 42.0 Å². The average molecular weight is 256 g/mol. The standard InChI is InChI=1S/C18H24O/c1-3-14-9-11-16(12-10-14)18(13-17(18)19-2)15-7-5-4-6-8-15/h3,9-12,15,17H,1,4-8,13H2,2H3. The molecule has 2 saturated carbocycles. The fourth-order valence-corrected chi connectivity index (χ4v) is 4.06. The van der Waals surface area contributed by atoms with Gasteiger partial charge in [-0.25, -0.2) is 0 Å².